The van der Waals surface area contributed by atoms with Gasteiger partial charge in [0.2, 0.25) is 11.8 Å². The average Bonchev–Trinajstić information content (AvgIpc) is 3.15. The third kappa shape index (κ3) is 6.66. The maximum absolute atomic E-state index is 13.4. The first-order chi connectivity index (χ1) is 15.5. The second-order valence-electron chi connectivity index (χ2n) is 7.89. The van der Waals surface area contributed by atoms with Crippen LogP contribution in [0.15, 0.2) is 41.3 Å². The minimum absolute atomic E-state index is 0.0276. The summed E-state index contributed by atoms with van der Waals surface area (Å²) >= 11 is 1.60. The monoisotopic (exact) mass is 456 g/mol. The van der Waals surface area contributed by atoms with Gasteiger partial charge in [-0.2, -0.15) is 0 Å². The van der Waals surface area contributed by atoms with Gasteiger partial charge in [-0.3, -0.25) is 9.59 Å². The van der Waals surface area contributed by atoms with Gasteiger partial charge in [0, 0.05) is 45.2 Å². The van der Waals surface area contributed by atoms with Crippen molar-refractivity contribution in [2.24, 2.45) is 5.73 Å². The quantitative estimate of drug-likeness (QED) is 0.510. The molecular formula is C24H32N4O3S. The van der Waals surface area contributed by atoms with Gasteiger partial charge in [-0.25, -0.2) is 0 Å². The van der Waals surface area contributed by atoms with E-state index in [9.17, 15) is 9.59 Å². The van der Waals surface area contributed by atoms with E-state index in [1.165, 1.54) is 0 Å². The predicted octanol–water partition coefficient (Wildman–Crippen LogP) is 3.32. The van der Waals surface area contributed by atoms with Crippen LogP contribution in [0.5, 0.6) is 0 Å². The van der Waals surface area contributed by atoms with Crippen LogP contribution >= 0.6 is 11.3 Å². The van der Waals surface area contributed by atoms with Crippen LogP contribution in [0.4, 0.5) is 5.69 Å². The molecule has 0 spiro atoms. The van der Waals surface area contributed by atoms with Gasteiger partial charge in [0.1, 0.15) is 0 Å². The molecule has 32 heavy (non-hydrogen) atoms. The molecule has 0 saturated carbocycles. The topological polar surface area (TPSA) is 96.7 Å². The maximum atomic E-state index is 13.4. The lowest BCUT2D eigenvalue weighted by Crippen LogP contribution is -2.36. The lowest BCUT2D eigenvalue weighted by Gasteiger charge is -2.24. The van der Waals surface area contributed by atoms with Gasteiger partial charge in [0.25, 0.3) is 0 Å². The van der Waals surface area contributed by atoms with Crippen molar-refractivity contribution in [1.82, 2.24) is 10.2 Å². The van der Waals surface area contributed by atoms with Gasteiger partial charge in [0.15, 0.2) is 0 Å². The number of ether oxygens (including phenoxy) is 1. The Bertz CT molecular complexity index is 939. The second kappa shape index (κ2) is 11.8. The summed E-state index contributed by atoms with van der Waals surface area (Å²) in [5.41, 5.74) is 9.98. The number of hydrogen-bond donors (Lipinski definition) is 3. The molecule has 1 aliphatic rings. The zero-order chi connectivity index (χ0) is 22.9. The Morgan fingerprint density at radius 2 is 2.00 bits per heavy atom. The number of nitrogens with zero attached hydrogens (tertiary/aromatic N) is 1. The summed E-state index contributed by atoms with van der Waals surface area (Å²) in [6.45, 7) is 4.16. The largest absolute Gasteiger partial charge is 0.384 e. The van der Waals surface area contributed by atoms with Crippen LogP contribution in [-0.2, 0) is 27.4 Å². The molecule has 1 atom stereocenters. The lowest BCUT2D eigenvalue weighted by molar-refractivity contribution is -0.128. The smallest absolute Gasteiger partial charge is 0.250 e. The first-order valence-corrected chi connectivity index (χ1v) is 11.8. The van der Waals surface area contributed by atoms with Crippen molar-refractivity contribution >= 4 is 34.9 Å². The molecule has 4 N–H and O–H groups in total. The molecule has 1 aromatic carbocycles. The number of carbonyl (C=O) groups is 2. The van der Waals surface area contributed by atoms with E-state index in [0.717, 1.165) is 33.7 Å². The highest BCUT2D eigenvalue weighted by molar-refractivity contribution is 7.11. The summed E-state index contributed by atoms with van der Waals surface area (Å²) in [5.74, 6) is -0.00579. The predicted molar refractivity (Wildman–Crippen MR) is 129 cm³/mol. The van der Waals surface area contributed by atoms with E-state index < -0.39 is 0 Å². The molecule has 2 heterocycles. The van der Waals surface area contributed by atoms with E-state index in [2.05, 4.69) is 17.6 Å². The van der Waals surface area contributed by atoms with E-state index in [4.69, 9.17) is 10.5 Å². The van der Waals surface area contributed by atoms with Gasteiger partial charge >= 0.3 is 0 Å². The van der Waals surface area contributed by atoms with E-state index in [1.807, 2.05) is 46.7 Å². The highest BCUT2D eigenvalue weighted by Gasteiger charge is 2.23. The van der Waals surface area contributed by atoms with Gasteiger partial charge in [-0.15, -0.1) is 11.3 Å². The fraction of sp³-hybridized carbons (Fsp3) is 0.417. The van der Waals surface area contributed by atoms with Crippen LogP contribution in [0.3, 0.4) is 0 Å². The van der Waals surface area contributed by atoms with Gasteiger partial charge in [0.05, 0.1) is 23.3 Å². The Kier molecular flexibility index (Phi) is 8.84. The maximum Gasteiger partial charge on any atom is 0.250 e. The van der Waals surface area contributed by atoms with Crippen molar-refractivity contribution in [3.63, 3.8) is 0 Å². The molecule has 0 bridgehead atoms. The van der Waals surface area contributed by atoms with Gasteiger partial charge in [-0.05, 0) is 35.1 Å². The summed E-state index contributed by atoms with van der Waals surface area (Å²) in [6.07, 6.45) is 3.40. The number of carbonyl (C=O) groups excluding carboxylic acids is 2. The number of amides is 2. The number of methoxy groups -OCH3 is 1. The third-order valence-electron chi connectivity index (χ3n) is 5.26. The number of nitrogens with one attached hydrogen (secondary N) is 2. The van der Waals surface area contributed by atoms with Gasteiger partial charge in [-0.1, -0.05) is 31.2 Å². The summed E-state index contributed by atoms with van der Waals surface area (Å²) in [5, 5.41) is 8.16. The summed E-state index contributed by atoms with van der Waals surface area (Å²) in [7, 11) is 1.58. The van der Waals surface area contributed by atoms with Crippen molar-refractivity contribution in [2.45, 2.75) is 45.4 Å². The Labute approximate surface area is 193 Å². The van der Waals surface area contributed by atoms with Crippen molar-refractivity contribution in [3.8, 4) is 0 Å². The molecule has 2 amide bonds. The molecule has 0 aliphatic carbocycles. The number of nitrogens with two attached hydrogens (primary N) is 1. The van der Waals surface area contributed by atoms with Gasteiger partial charge < -0.3 is 26.0 Å². The number of thiophene rings is 1. The molecule has 3 rings (SSSR count). The number of anilines is 1. The molecule has 0 fully saturated rings. The highest BCUT2D eigenvalue weighted by Crippen LogP contribution is 2.30. The molecule has 2 aromatic rings. The summed E-state index contributed by atoms with van der Waals surface area (Å²) in [4.78, 5) is 28.0. The first kappa shape index (κ1) is 24.0. The molecular weight excluding hydrogens is 424 g/mol. The molecule has 8 heteroatoms. The van der Waals surface area contributed by atoms with E-state index in [-0.39, 0.29) is 18.0 Å². The van der Waals surface area contributed by atoms with Crippen LogP contribution in [0.1, 0.15) is 42.2 Å². The Balaban J connectivity index is 1.65. The molecule has 7 nitrogen and oxygen atoms in total. The van der Waals surface area contributed by atoms with Crippen LogP contribution in [-0.4, -0.2) is 43.1 Å². The number of rotatable bonds is 10. The minimum Gasteiger partial charge on any atom is -0.384 e. The van der Waals surface area contributed by atoms with Crippen molar-refractivity contribution in [3.05, 3.63) is 57.3 Å². The first-order valence-electron chi connectivity index (χ1n) is 10.9. The molecule has 1 aromatic heterocycles. The van der Waals surface area contributed by atoms with Crippen LogP contribution in [0, 0.1) is 0 Å². The Morgan fingerprint density at radius 1 is 1.25 bits per heavy atom. The number of benzene rings is 1. The molecule has 1 aliphatic heterocycles. The van der Waals surface area contributed by atoms with E-state index in [1.54, 1.807) is 18.4 Å². The summed E-state index contributed by atoms with van der Waals surface area (Å²) < 4.78 is 4.92. The fourth-order valence-corrected chi connectivity index (χ4v) is 4.41. The second-order valence-corrected chi connectivity index (χ2v) is 8.83. The summed E-state index contributed by atoms with van der Waals surface area (Å²) in [6, 6.07) is 10.00. The molecule has 1 unspecified atom stereocenters. The number of fused-ring (bicyclic) bond motifs is 1. The highest BCUT2D eigenvalue weighted by atomic mass is 32.1. The zero-order valence-corrected chi connectivity index (χ0v) is 19.5. The molecule has 0 radical (unpaired) electrons. The van der Waals surface area contributed by atoms with E-state index in [0.29, 0.717) is 39.1 Å². The van der Waals surface area contributed by atoms with Crippen LogP contribution < -0.4 is 16.4 Å². The van der Waals surface area contributed by atoms with Crippen LogP contribution in [0.25, 0.3) is 6.08 Å². The lowest BCUT2D eigenvalue weighted by atomic mass is 10.1. The zero-order valence-electron chi connectivity index (χ0n) is 18.7. The third-order valence-corrected chi connectivity index (χ3v) is 6.12. The molecule has 0 saturated heterocycles. The molecule has 172 valence electrons. The Morgan fingerprint density at radius 3 is 2.72 bits per heavy atom. The van der Waals surface area contributed by atoms with Crippen molar-refractivity contribution in [1.29, 1.82) is 0 Å². The van der Waals surface area contributed by atoms with E-state index >= 15 is 0 Å². The standard InChI is InChI=1S/C24H32N4O3S/c1-3-10-28(24(30)19-13-21-20(9-12-32-21)27-22(25)14-19)16-18-6-4-17(5-7-18)15-26-23(29)8-11-31-2/h4-7,9,12-13,22,27H,3,8,10-11,14-16,25H2,1-2H3,(H,26,29). The SMILES string of the molecule is CCCN(Cc1ccc(CNC(=O)CCOC)cc1)C(=O)C1=Cc2sccc2NC(N)C1. The van der Waals surface area contributed by atoms with Crippen molar-refractivity contribution < 1.29 is 14.3 Å². The number of hydrogen-bond acceptors (Lipinski definition) is 6. The average molecular weight is 457 g/mol. The van der Waals surface area contributed by atoms with Crippen LogP contribution in [0.2, 0.25) is 0 Å². The fourth-order valence-electron chi connectivity index (χ4n) is 3.60. The minimum atomic E-state index is -0.289. The van der Waals surface area contributed by atoms with Crippen molar-refractivity contribution in [2.75, 3.05) is 25.6 Å². The Hall–Kier alpha value is -2.68. The normalized spacial score (nSPS) is 15.2.